The molecule has 0 amide bonds. The van der Waals surface area contributed by atoms with Crippen molar-refractivity contribution in [2.45, 2.75) is 38.3 Å². The van der Waals surface area contributed by atoms with Gasteiger partial charge in [-0.15, -0.1) is 0 Å². The van der Waals surface area contributed by atoms with Gasteiger partial charge in [-0.05, 0) is 24.5 Å². The third-order valence-electron chi connectivity index (χ3n) is 5.40. The lowest BCUT2D eigenvalue weighted by molar-refractivity contribution is -0.141. The van der Waals surface area contributed by atoms with Gasteiger partial charge in [0.15, 0.2) is 0 Å². The average molecular weight is 418 g/mol. The van der Waals surface area contributed by atoms with Crippen LogP contribution in [0.15, 0.2) is 54.6 Å². The summed E-state index contributed by atoms with van der Waals surface area (Å²) in [5.41, 5.74) is 0.297. The number of benzene rings is 2. The van der Waals surface area contributed by atoms with Gasteiger partial charge in [0.05, 0.1) is 5.52 Å². The van der Waals surface area contributed by atoms with Crippen molar-refractivity contribution in [3.8, 4) is 5.75 Å². The van der Waals surface area contributed by atoms with E-state index in [2.05, 4.69) is 22.0 Å². The summed E-state index contributed by atoms with van der Waals surface area (Å²) in [4.78, 5) is 5.98. The molecule has 3 nitrogen and oxygen atoms in total. The fourth-order valence-electron chi connectivity index (χ4n) is 3.83. The molecule has 0 N–H and O–H groups in total. The summed E-state index contributed by atoms with van der Waals surface area (Å²) in [6.45, 7) is 1.54. The van der Waals surface area contributed by atoms with Gasteiger partial charge in [-0.2, -0.15) is 13.2 Å². The Labute approximate surface area is 172 Å². The molecular formula is C23H22F4N2O. The molecule has 0 atom stereocenters. The molecular weight excluding hydrogens is 396 g/mol. The van der Waals surface area contributed by atoms with Gasteiger partial charge in [-0.1, -0.05) is 42.5 Å². The Kier molecular flexibility index (Phi) is 5.90. The van der Waals surface area contributed by atoms with E-state index in [4.69, 9.17) is 4.74 Å². The van der Waals surface area contributed by atoms with E-state index in [0.717, 1.165) is 25.7 Å². The maximum atomic E-state index is 13.3. The number of piperidine rings is 1. The van der Waals surface area contributed by atoms with E-state index >= 15 is 0 Å². The van der Waals surface area contributed by atoms with E-state index in [-0.39, 0.29) is 22.9 Å². The first kappa shape index (κ1) is 20.6. The summed E-state index contributed by atoms with van der Waals surface area (Å²) >= 11 is 0. The van der Waals surface area contributed by atoms with Crippen LogP contribution in [0.1, 0.15) is 29.7 Å². The molecule has 4 rings (SSSR count). The lowest BCUT2D eigenvalue weighted by atomic mass is 10.1. The van der Waals surface area contributed by atoms with Gasteiger partial charge in [-0.25, -0.2) is 9.37 Å². The first-order valence-electron chi connectivity index (χ1n) is 9.93. The highest BCUT2D eigenvalue weighted by Gasteiger charge is 2.34. The van der Waals surface area contributed by atoms with Crippen molar-refractivity contribution in [1.29, 1.82) is 0 Å². The molecule has 0 spiro atoms. The van der Waals surface area contributed by atoms with Crippen molar-refractivity contribution in [2.24, 2.45) is 0 Å². The molecule has 2 heterocycles. The lowest BCUT2D eigenvalue weighted by Crippen LogP contribution is -2.37. The van der Waals surface area contributed by atoms with Crippen LogP contribution in [0.3, 0.4) is 0 Å². The zero-order valence-electron chi connectivity index (χ0n) is 16.3. The van der Waals surface area contributed by atoms with Gasteiger partial charge in [0.2, 0.25) is 0 Å². The van der Waals surface area contributed by atoms with Crippen LogP contribution in [0.4, 0.5) is 17.6 Å². The number of fused-ring (bicyclic) bond motifs is 1. The average Bonchev–Trinajstić information content (AvgIpc) is 2.74. The molecule has 0 unspecified atom stereocenters. The summed E-state index contributed by atoms with van der Waals surface area (Å²) < 4.78 is 59.4. The monoisotopic (exact) mass is 418 g/mol. The Morgan fingerprint density at radius 2 is 1.73 bits per heavy atom. The van der Waals surface area contributed by atoms with Crippen molar-refractivity contribution in [3.63, 3.8) is 0 Å². The molecule has 0 bridgehead atoms. The summed E-state index contributed by atoms with van der Waals surface area (Å²) in [6, 6.07) is 15.8. The number of likely N-dealkylation sites (tertiary alicyclic amines) is 1. The highest BCUT2D eigenvalue weighted by atomic mass is 19.4. The maximum absolute atomic E-state index is 13.3. The quantitative estimate of drug-likeness (QED) is 0.492. The summed E-state index contributed by atoms with van der Waals surface area (Å²) in [7, 11) is 0. The number of pyridine rings is 1. The van der Waals surface area contributed by atoms with Crippen LogP contribution in [-0.2, 0) is 19.4 Å². The lowest BCUT2D eigenvalue weighted by Gasteiger charge is -2.32. The third kappa shape index (κ3) is 4.56. The molecule has 1 saturated heterocycles. The molecule has 30 heavy (non-hydrogen) atoms. The third-order valence-corrected chi connectivity index (χ3v) is 5.40. The molecule has 2 aromatic carbocycles. The smallest absolute Gasteiger partial charge is 0.433 e. The second kappa shape index (κ2) is 8.60. The fourth-order valence-corrected chi connectivity index (χ4v) is 3.83. The number of alkyl halides is 4. The van der Waals surface area contributed by atoms with Gasteiger partial charge >= 0.3 is 6.18 Å². The van der Waals surface area contributed by atoms with E-state index in [1.54, 1.807) is 12.1 Å². The minimum absolute atomic E-state index is 0.00587. The zero-order chi connectivity index (χ0) is 21.1. The van der Waals surface area contributed by atoms with Gasteiger partial charge in [0, 0.05) is 36.7 Å². The molecule has 1 aliphatic heterocycles. The number of halogens is 4. The van der Waals surface area contributed by atoms with E-state index in [1.807, 2.05) is 18.2 Å². The first-order valence-corrected chi connectivity index (χ1v) is 9.93. The summed E-state index contributed by atoms with van der Waals surface area (Å²) in [5.74, 6) is 0.115. The molecule has 0 aliphatic carbocycles. The van der Waals surface area contributed by atoms with Gasteiger partial charge in [0.1, 0.15) is 24.2 Å². The second-order valence-electron chi connectivity index (χ2n) is 7.53. The van der Waals surface area contributed by atoms with Crippen LogP contribution in [0.5, 0.6) is 5.75 Å². The molecule has 158 valence electrons. The van der Waals surface area contributed by atoms with E-state index in [9.17, 15) is 17.6 Å². The van der Waals surface area contributed by atoms with Crippen LogP contribution >= 0.6 is 0 Å². The Morgan fingerprint density at radius 3 is 2.40 bits per heavy atom. The SMILES string of the molecule is FCc1cccc2c(OC3CCN(Cc4ccccc4)CC3)cc(C(F)(F)F)nc12. The number of aromatic nitrogens is 1. The van der Waals surface area contributed by atoms with Crippen LogP contribution in [0, 0.1) is 0 Å². The molecule has 7 heteroatoms. The normalized spacial score (nSPS) is 16.1. The van der Waals surface area contributed by atoms with Crippen molar-refractivity contribution < 1.29 is 22.3 Å². The number of rotatable bonds is 5. The van der Waals surface area contributed by atoms with E-state index in [1.165, 1.54) is 11.6 Å². The summed E-state index contributed by atoms with van der Waals surface area (Å²) in [6.07, 6.45) is -3.41. The van der Waals surface area contributed by atoms with Crippen molar-refractivity contribution >= 4 is 10.9 Å². The number of ether oxygens (including phenoxy) is 1. The van der Waals surface area contributed by atoms with Gasteiger partial charge in [0.25, 0.3) is 0 Å². The molecule has 3 aromatic rings. The molecule has 0 radical (unpaired) electrons. The van der Waals surface area contributed by atoms with Gasteiger partial charge in [-0.3, -0.25) is 4.90 Å². The second-order valence-corrected chi connectivity index (χ2v) is 7.53. The Bertz CT molecular complexity index is 999. The first-order chi connectivity index (χ1) is 14.4. The zero-order valence-corrected chi connectivity index (χ0v) is 16.3. The van der Waals surface area contributed by atoms with E-state index in [0.29, 0.717) is 18.2 Å². The van der Waals surface area contributed by atoms with Crippen LogP contribution in [0.25, 0.3) is 10.9 Å². The van der Waals surface area contributed by atoms with Crippen LogP contribution in [-0.4, -0.2) is 29.1 Å². The topological polar surface area (TPSA) is 25.4 Å². The van der Waals surface area contributed by atoms with Crippen LogP contribution in [0.2, 0.25) is 0 Å². The van der Waals surface area contributed by atoms with Crippen LogP contribution < -0.4 is 4.74 Å². The number of hydrogen-bond acceptors (Lipinski definition) is 3. The number of hydrogen-bond donors (Lipinski definition) is 0. The molecule has 0 saturated carbocycles. The maximum Gasteiger partial charge on any atom is 0.433 e. The Hall–Kier alpha value is -2.67. The number of para-hydroxylation sites is 1. The Morgan fingerprint density at radius 1 is 1.00 bits per heavy atom. The molecule has 1 aromatic heterocycles. The minimum Gasteiger partial charge on any atom is -0.490 e. The van der Waals surface area contributed by atoms with Crippen molar-refractivity contribution in [2.75, 3.05) is 13.1 Å². The molecule has 1 fully saturated rings. The largest absolute Gasteiger partial charge is 0.490 e. The van der Waals surface area contributed by atoms with Crippen molar-refractivity contribution in [3.05, 3.63) is 71.4 Å². The van der Waals surface area contributed by atoms with E-state index < -0.39 is 18.5 Å². The van der Waals surface area contributed by atoms with Crippen molar-refractivity contribution in [1.82, 2.24) is 9.88 Å². The fraction of sp³-hybridized carbons (Fsp3) is 0.348. The summed E-state index contributed by atoms with van der Waals surface area (Å²) in [5, 5.41) is 0.407. The predicted octanol–water partition coefficient (Wildman–Crippen LogP) is 5.77. The van der Waals surface area contributed by atoms with Gasteiger partial charge < -0.3 is 4.74 Å². The minimum atomic E-state index is -4.63. The number of nitrogens with zero attached hydrogens (tertiary/aromatic N) is 2. The highest BCUT2D eigenvalue weighted by molar-refractivity contribution is 5.88. The Balaban J connectivity index is 1.52. The highest BCUT2D eigenvalue weighted by Crippen LogP contribution is 2.36. The molecule has 1 aliphatic rings. The predicted molar refractivity (Wildman–Crippen MR) is 107 cm³/mol. The standard InChI is InChI=1S/C23H22F4N2O/c24-14-17-7-4-8-19-20(13-21(23(25,26)27)28-22(17)19)30-18-9-11-29(12-10-18)15-16-5-2-1-3-6-16/h1-8,13,18H,9-12,14-15H2.